The fraction of sp³-hybridized carbons (Fsp3) is 0.522. The monoisotopic (exact) mass is 476 g/mol. The largest absolute Gasteiger partial charge is 0.458 e. The number of anilines is 1. The molecule has 0 bridgehead atoms. The third-order valence-electron chi connectivity index (χ3n) is 5.00. The molecule has 1 N–H and O–H groups in total. The van der Waals surface area contributed by atoms with Crippen molar-refractivity contribution >= 4 is 29.3 Å². The van der Waals surface area contributed by atoms with Gasteiger partial charge in [-0.25, -0.2) is 9.59 Å². The van der Waals surface area contributed by atoms with Gasteiger partial charge in [-0.15, -0.1) is 0 Å². The van der Waals surface area contributed by atoms with Crippen LogP contribution >= 0.6 is 0 Å². The van der Waals surface area contributed by atoms with E-state index in [4.69, 9.17) is 9.47 Å². The number of nitrogens with zero attached hydrogens (tertiary/aromatic N) is 3. The van der Waals surface area contributed by atoms with E-state index in [9.17, 15) is 24.5 Å². The number of nitro groups is 1. The number of hydrogen-bond acceptors (Lipinski definition) is 8. The number of nitrogens with one attached hydrogen (secondary N) is 1. The van der Waals surface area contributed by atoms with E-state index in [-0.39, 0.29) is 31.0 Å². The van der Waals surface area contributed by atoms with Gasteiger partial charge in [-0.1, -0.05) is 18.7 Å². The van der Waals surface area contributed by atoms with Gasteiger partial charge >= 0.3 is 12.1 Å². The molecular formula is C23H32N4O7. The molecule has 0 spiro atoms. The highest BCUT2D eigenvalue weighted by Gasteiger charge is 2.29. The van der Waals surface area contributed by atoms with E-state index >= 15 is 0 Å². The third-order valence-corrected chi connectivity index (χ3v) is 5.00. The average molecular weight is 477 g/mol. The van der Waals surface area contributed by atoms with Crippen LogP contribution in [0.2, 0.25) is 0 Å². The second-order valence-corrected chi connectivity index (χ2v) is 8.80. The van der Waals surface area contributed by atoms with Gasteiger partial charge in [0.15, 0.2) is 0 Å². The zero-order valence-electron chi connectivity index (χ0n) is 19.8. The zero-order valence-corrected chi connectivity index (χ0v) is 19.8. The molecule has 1 heterocycles. The molecule has 1 saturated heterocycles. The number of piperazine rings is 1. The maximum atomic E-state index is 12.8. The molecule has 2 amide bonds. The summed E-state index contributed by atoms with van der Waals surface area (Å²) in [6.07, 6.45) is 0.692. The Morgan fingerprint density at radius 2 is 1.91 bits per heavy atom. The quantitative estimate of drug-likeness (QED) is 0.249. The number of carbonyl (C=O) groups is 3. The first-order chi connectivity index (χ1) is 16.0. The highest BCUT2D eigenvalue weighted by molar-refractivity contribution is 5.83. The van der Waals surface area contributed by atoms with Crippen molar-refractivity contribution in [3.05, 3.63) is 47.0 Å². The lowest BCUT2D eigenvalue weighted by atomic mass is 10.1. The molecule has 0 radical (unpaired) electrons. The van der Waals surface area contributed by atoms with E-state index in [0.29, 0.717) is 26.2 Å². The van der Waals surface area contributed by atoms with E-state index in [1.807, 2.05) is 4.90 Å². The molecule has 11 heteroatoms. The predicted molar refractivity (Wildman–Crippen MR) is 125 cm³/mol. The van der Waals surface area contributed by atoms with Crippen LogP contribution in [0.15, 0.2) is 36.9 Å². The smallest absolute Gasteiger partial charge is 0.408 e. The summed E-state index contributed by atoms with van der Waals surface area (Å²) in [5.41, 5.74) is -0.00801. The van der Waals surface area contributed by atoms with Crippen LogP contribution in [0, 0.1) is 10.1 Å². The fourth-order valence-electron chi connectivity index (χ4n) is 3.38. The minimum atomic E-state index is -1.04. The summed E-state index contributed by atoms with van der Waals surface area (Å²) in [6.45, 7) is 10.5. The topological polar surface area (TPSA) is 131 Å². The van der Waals surface area contributed by atoms with Crippen LogP contribution in [0.5, 0.6) is 0 Å². The van der Waals surface area contributed by atoms with Crippen LogP contribution in [0.25, 0.3) is 0 Å². The lowest BCUT2D eigenvalue weighted by molar-refractivity contribution is -0.384. The number of carbonyl (C=O) groups excluding carboxylic acids is 3. The number of non-ortho nitro benzene ring substituents is 1. The summed E-state index contributed by atoms with van der Waals surface area (Å²) in [4.78, 5) is 51.5. The zero-order chi connectivity index (χ0) is 25.3. The van der Waals surface area contributed by atoms with Gasteiger partial charge in [0, 0.05) is 50.4 Å². The molecule has 186 valence electrons. The lowest BCUT2D eigenvalue weighted by Gasteiger charge is -2.36. The van der Waals surface area contributed by atoms with Crippen molar-refractivity contribution < 1.29 is 28.8 Å². The maximum Gasteiger partial charge on any atom is 0.408 e. The summed E-state index contributed by atoms with van der Waals surface area (Å²) in [7, 11) is 0. The average Bonchev–Trinajstić information content (AvgIpc) is 2.79. The van der Waals surface area contributed by atoms with Gasteiger partial charge in [0.2, 0.25) is 5.91 Å². The standard InChI is InChI=1S/C23H32N4O7/c1-5-15-33-22(30)24-19(21(29)34-23(2,3)4)9-10-20(28)26-13-11-25(12-14-26)17-7-6-8-18(16-17)27(31)32/h5-8,16,19H,1,9-15H2,2-4H3,(H,24,30)/t19-/m0/s1. The summed E-state index contributed by atoms with van der Waals surface area (Å²) >= 11 is 0. The van der Waals surface area contributed by atoms with E-state index in [2.05, 4.69) is 11.9 Å². The molecule has 34 heavy (non-hydrogen) atoms. The van der Waals surface area contributed by atoms with Gasteiger partial charge in [0.05, 0.1) is 4.92 Å². The summed E-state index contributed by atoms with van der Waals surface area (Å²) in [6, 6.07) is 5.35. The first-order valence-corrected chi connectivity index (χ1v) is 11.0. The Bertz CT molecular complexity index is 905. The number of benzene rings is 1. The van der Waals surface area contributed by atoms with Gasteiger partial charge in [-0.3, -0.25) is 14.9 Å². The molecule has 1 aromatic rings. The number of esters is 1. The first-order valence-electron chi connectivity index (χ1n) is 11.0. The Labute approximate surface area is 198 Å². The molecule has 1 aliphatic rings. The number of alkyl carbamates (subject to hydrolysis) is 1. The minimum Gasteiger partial charge on any atom is -0.458 e. The molecule has 1 aromatic carbocycles. The number of amides is 2. The van der Waals surface area contributed by atoms with Crippen molar-refractivity contribution in [1.29, 1.82) is 0 Å². The molecule has 1 atom stereocenters. The lowest BCUT2D eigenvalue weighted by Crippen LogP contribution is -2.49. The van der Waals surface area contributed by atoms with E-state index in [0.717, 1.165) is 5.69 Å². The van der Waals surface area contributed by atoms with Crippen LogP contribution in [-0.4, -0.2) is 72.2 Å². The van der Waals surface area contributed by atoms with Crippen LogP contribution in [-0.2, 0) is 19.1 Å². The molecular weight excluding hydrogens is 444 g/mol. The van der Waals surface area contributed by atoms with Crippen LogP contribution in [0.3, 0.4) is 0 Å². The normalized spacial score (nSPS) is 14.7. The van der Waals surface area contributed by atoms with Gasteiger partial charge in [-0.2, -0.15) is 0 Å². The number of nitro benzene ring substituents is 1. The number of ether oxygens (including phenoxy) is 2. The van der Waals surface area contributed by atoms with E-state index in [1.165, 1.54) is 18.2 Å². The third kappa shape index (κ3) is 8.38. The van der Waals surface area contributed by atoms with Crippen molar-refractivity contribution in [2.45, 2.75) is 45.3 Å². The number of rotatable bonds is 9. The molecule has 2 rings (SSSR count). The summed E-state index contributed by atoms with van der Waals surface area (Å²) in [5, 5.41) is 13.5. The Hall–Kier alpha value is -3.63. The summed E-state index contributed by atoms with van der Waals surface area (Å²) < 4.78 is 10.2. The highest BCUT2D eigenvalue weighted by Crippen LogP contribution is 2.22. The van der Waals surface area contributed by atoms with Crippen LogP contribution in [0.4, 0.5) is 16.2 Å². The Balaban J connectivity index is 1.92. The predicted octanol–water partition coefficient (Wildman–Crippen LogP) is 2.65. The van der Waals surface area contributed by atoms with E-state index < -0.39 is 28.6 Å². The molecule has 1 fully saturated rings. The molecule has 1 aliphatic heterocycles. The van der Waals surface area contributed by atoms with Gasteiger partial charge in [0.1, 0.15) is 18.2 Å². The van der Waals surface area contributed by atoms with Crippen molar-refractivity contribution in [1.82, 2.24) is 10.2 Å². The fourth-order valence-corrected chi connectivity index (χ4v) is 3.38. The van der Waals surface area contributed by atoms with Crippen molar-refractivity contribution in [3.63, 3.8) is 0 Å². The Morgan fingerprint density at radius 1 is 1.24 bits per heavy atom. The van der Waals surface area contributed by atoms with Gasteiger partial charge in [-0.05, 0) is 33.3 Å². The summed E-state index contributed by atoms with van der Waals surface area (Å²) in [5.74, 6) is -0.806. The Morgan fingerprint density at radius 3 is 2.50 bits per heavy atom. The number of hydrogen-bond donors (Lipinski definition) is 1. The molecule has 0 aromatic heterocycles. The maximum absolute atomic E-state index is 12.8. The van der Waals surface area contributed by atoms with Gasteiger partial charge < -0.3 is 24.6 Å². The first kappa shape index (κ1) is 26.6. The highest BCUT2D eigenvalue weighted by atomic mass is 16.6. The van der Waals surface area contributed by atoms with Gasteiger partial charge in [0.25, 0.3) is 5.69 Å². The molecule has 0 saturated carbocycles. The van der Waals surface area contributed by atoms with Crippen molar-refractivity contribution in [3.8, 4) is 0 Å². The molecule has 11 nitrogen and oxygen atoms in total. The second-order valence-electron chi connectivity index (χ2n) is 8.80. The van der Waals surface area contributed by atoms with Crippen LogP contribution in [0.1, 0.15) is 33.6 Å². The molecule has 0 unspecified atom stereocenters. The minimum absolute atomic E-state index is 0.0132. The van der Waals surface area contributed by atoms with E-state index in [1.54, 1.807) is 37.8 Å². The van der Waals surface area contributed by atoms with Crippen LogP contribution < -0.4 is 10.2 Å². The second kappa shape index (κ2) is 12.0. The van der Waals surface area contributed by atoms with Crippen molar-refractivity contribution in [2.24, 2.45) is 0 Å². The SMILES string of the molecule is C=CCOC(=O)N[C@@H](CCC(=O)N1CCN(c2cccc([N+](=O)[O-])c2)CC1)C(=O)OC(C)(C)C. The Kier molecular flexibility index (Phi) is 9.40. The van der Waals surface area contributed by atoms with Crippen molar-refractivity contribution in [2.75, 3.05) is 37.7 Å². The molecule has 0 aliphatic carbocycles.